The molecule has 0 radical (unpaired) electrons. The Hall–Kier alpha value is -2.47. The summed E-state index contributed by atoms with van der Waals surface area (Å²) in [6, 6.07) is 6.80. The van der Waals surface area contributed by atoms with Crippen molar-refractivity contribution in [3.8, 4) is 0 Å². The lowest BCUT2D eigenvalue weighted by atomic mass is 9.74. The number of nitrogens with zero attached hydrogens (tertiary/aromatic N) is 1. The fraction of sp³-hybridized carbons (Fsp3) is 0.522. The molecule has 1 aromatic rings. The lowest BCUT2D eigenvalue weighted by Crippen LogP contribution is -2.54. The molecule has 0 bridgehead atoms. The zero-order chi connectivity index (χ0) is 20.9. The predicted molar refractivity (Wildman–Crippen MR) is 109 cm³/mol. The first-order valence-corrected chi connectivity index (χ1v) is 10.4. The average molecular weight is 399 g/mol. The van der Waals surface area contributed by atoms with E-state index in [0.717, 1.165) is 49.2 Å². The number of ether oxygens (including phenoxy) is 2. The van der Waals surface area contributed by atoms with Gasteiger partial charge in [-0.3, -0.25) is 14.4 Å². The monoisotopic (exact) mass is 399 g/mol. The molecule has 0 aromatic heterocycles. The van der Waals surface area contributed by atoms with Crippen molar-refractivity contribution in [1.29, 1.82) is 0 Å². The van der Waals surface area contributed by atoms with Crippen LogP contribution in [0.2, 0.25) is 0 Å². The fourth-order valence-corrected chi connectivity index (χ4v) is 4.21. The number of amides is 2. The lowest BCUT2D eigenvalue weighted by Gasteiger charge is -2.50. The van der Waals surface area contributed by atoms with Crippen molar-refractivity contribution in [3.63, 3.8) is 0 Å². The summed E-state index contributed by atoms with van der Waals surface area (Å²) >= 11 is 0. The maximum absolute atomic E-state index is 12.2. The number of imide groups is 1. The summed E-state index contributed by atoms with van der Waals surface area (Å²) < 4.78 is 11.4. The Bertz CT molecular complexity index is 767. The van der Waals surface area contributed by atoms with Crippen LogP contribution in [0.3, 0.4) is 0 Å². The highest BCUT2D eigenvalue weighted by Crippen LogP contribution is 2.42. The van der Waals surface area contributed by atoms with Crippen LogP contribution in [0, 0.1) is 5.92 Å². The largest absolute Gasteiger partial charge is 0.465 e. The number of hydrogen-bond acceptors (Lipinski definition) is 5. The Morgan fingerprint density at radius 3 is 2.34 bits per heavy atom. The molecule has 2 atom stereocenters. The number of rotatable bonds is 10. The van der Waals surface area contributed by atoms with Gasteiger partial charge in [-0.05, 0) is 30.5 Å². The second kappa shape index (κ2) is 9.35. The summed E-state index contributed by atoms with van der Waals surface area (Å²) in [5.41, 5.74) is 1.14. The molecule has 6 heteroatoms. The molecule has 2 aliphatic heterocycles. The van der Waals surface area contributed by atoms with Gasteiger partial charge in [0.05, 0.1) is 30.9 Å². The molecule has 0 saturated carbocycles. The maximum atomic E-state index is 12.2. The van der Waals surface area contributed by atoms with Gasteiger partial charge in [-0.15, -0.1) is 0 Å². The minimum Gasteiger partial charge on any atom is -0.465 e. The van der Waals surface area contributed by atoms with Gasteiger partial charge in [-0.25, -0.2) is 4.90 Å². The van der Waals surface area contributed by atoms with Crippen molar-refractivity contribution in [3.05, 3.63) is 42.0 Å². The lowest BCUT2D eigenvalue weighted by molar-refractivity contribution is -0.219. The van der Waals surface area contributed by atoms with Crippen LogP contribution < -0.4 is 4.90 Å². The summed E-state index contributed by atoms with van der Waals surface area (Å²) in [6.45, 7) is 5.51. The topological polar surface area (TPSA) is 72.9 Å². The van der Waals surface area contributed by atoms with E-state index < -0.39 is 0 Å². The quantitative estimate of drug-likeness (QED) is 0.444. The molecule has 1 saturated heterocycles. The Kier molecular flexibility index (Phi) is 6.85. The van der Waals surface area contributed by atoms with Crippen molar-refractivity contribution in [2.75, 3.05) is 18.1 Å². The highest BCUT2D eigenvalue weighted by Gasteiger charge is 2.46. The first kappa shape index (κ1) is 21.2. The predicted octanol–water partition coefficient (Wildman–Crippen LogP) is 3.58. The number of benzene rings is 1. The van der Waals surface area contributed by atoms with E-state index in [1.165, 1.54) is 12.2 Å². The zero-order valence-corrected chi connectivity index (χ0v) is 17.2. The fourth-order valence-electron chi connectivity index (χ4n) is 4.21. The van der Waals surface area contributed by atoms with E-state index in [0.29, 0.717) is 18.2 Å². The molecule has 0 aliphatic carbocycles. The molecular weight excluding hydrogens is 370 g/mol. The third-order valence-corrected chi connectivity index (χ3v) is 5.77. The summed E-state index contributed by atoms with van der Waals surface area (Å²) in [4.78, 5) is 36.8. The van der Waals surface area contributed by atoms with Crippen LogP contribution in [0.1, 0.15) is 51.5 Å². The van der Waals surface area contributed by atoms with Crippen molar-refractivity contribution in [2.45, 2.75) is 58.0 Å². The Morgan fingerprint density at radius 1 is 1.10 bits per heavy atom. The minimum atomic E-state index is -0.359. The van der Waals surface area contributed by atoms with Crippen molar-refractivity contribution in [2.24, 2.45) is 5.92 Å². The van der Waals surface area contributed by atoms with E-state index in [4.69, 9.17) is 9.47 Å². The van der Waals surface area contributed by atoms with Gasteiger partial charge in [-0.1, -0.05) is 38.8 Å². The zero-order valence-electron chi connectivity index (χ0n) is 17.2. The Morgan fingerprint density at radius 2 is 1.79 bits per heavy atom. The SMILES string of the molecule is CCCC1COC1(CCC)CCOC(=O)Cc1ccc(N2C(=O)C=CC2=O)cc1. The van der Waals surface area contributed by atoms with E-state index in [1.54, 1.807) is 24.3 Å². The summed E-state index contributed by atoms with van der Waals surface area (Å²) in [5, 5.41) is 0. The molecular formula is C23H29NO5. The number of carbonyl (C=O) groups excluding carboxylic acids is 3. The van der Waals surface area contributed by atoms with Gasteiger partial charge >= 0.3 is 5.97 Å². The van der Waals surface area contributed by atoms with Crippen molar-refractivity contribution < 1.29 is 23.9 Å². The molecule has 0 spiro atoms. The third-order valence-electron chi connectivity index (χ3n) is 5.77. The molecule has 0 N–H and O–H groups in total. The molecule has 6 nitrogen and oxygen atoms in total. The van der Waals surface area contributed by atoms with Crippen molar-refractivity contribution in [1.82, 2.24) is 0 Å². The average Bonchev–Trinajstić information content (AvgIpc) is 3.03. The van der Waals surface area contributed by atoms with Crippen LogP contribution in [0.25, 0.3) is 0 Å². The van der Waals surface area contributed by atoms with Gasteiger partial charge in [0.1, 0.15) is 0 Å². The molecule has 156 valence electrons. The van der Waals surface area contributed by atoms with Crippen LogP contribution in [0.4, 0.5) is 5.69 Å². The Balaban J connectivity index is 1.48. The normalized spacial score (nSPS) is 23.4. The second-order valence-corrected chi connectivity index (χ2v) is 7.77. The first-order chi connectivity index (χ1) is 14.0. The molecule has 1 aromatic carbocycles. The smallest absolute Gasteiger partial charge is 0.310 e. The van der Waals surface area contributed by atoms with Gasteiger partial charge in [0, 0.05) is 24.5 Å². The molecule has 1 fully saturated rings. The van der Waals surface area contributed by atoms with Crippen LogP contribution in [-0.2, 0) is 30.3 Å². The van der Waals surface area contributed by atoms with E-state index in [-0.39, 0.29) is 29.8 Å². The van der Waals surface area contributed by atoms with Gasteiger partial charge < -0.3 is 9.47 Å². The van der Waals surface area contributed by atoms with Gasteiger partial charge in [0.15, 0.2) is 0 Å². The van der Waals surface area contributed by atoms with Crippen molar-refractivity contribution >= 4 is 23.5 Å². The van der Waals surface area contributed by atoms with Gasteiger partial charge in [-0.2, -0.15) is 0 Å². The highest BCUT2D eigenvalue weighted by atomic mass is 16.5. The number of anilines is 1. The number of hydrogen-bond donors (Lipinski definition) is 0. The number of carbonyl (C=O) groups is 3. The summed E-state index contributed by atoms with van der Waals surface area (Å²) in [5.74, 6) is -0.444. The Labute approximate surface area is 171 Å². The van der Waals surface area contributed by atoms with Crippen LogP contribution in [0.5, 0.6) is 0 Å². The van der Waals surface area contributed by atoms with Gasteiger partial charge in [0.2, 0.25) is 0 Å². The van der Waals surface area contributed by atoms with E-state index >= 15 is 0 Å². The van der Waals surface area contributed by atoms with Gasteiger partial charge in [0.25, 0.3) is 11.8 Å². The second-order valence-electron chi connectivity index (χ2n) is 7.77. The highest BCUT2D eigenvalue weighted by molar-refractivity contribution is 6.28. The molecule has 2 aliphatic rings. The summed E-state index contributed by atoms with van der Waals surface area (Å²) in [7, 11) is 0. The number of esters is 1. The first-order valence-electron chi connectivity index (χ1n) is 10.4. The van der Waals surface area contributed by atoms with Crippen LogP contribution >= 0.6 is 0 Å². The summed E-state index contributed by atoms with van der Waals surface area (Å²) in [6.07, 6.45) is 7.73. The van der Waals surface area contributed by atoms with E-state index in [9.17, 15) is 14.4 Å². The molecule has 3 rings (SSSR count). The van der Waals surface area contributed by atoms with E-state index in [2.05, 4.69) is 13.8 Å². The van der Waals surface area contributed by atoms with Crippen LogP contribution in [-0.4, -0.2) is 36.6 Å². The molecule has 2 amide bonds. The minimum absolute atomic E-state index is 0.129. The van der Waals surface area contributed by atoms with E-state index in [1.807, 2.05) is 0 Å². The molecule has 29 heavy (non-hydrogen) atoms. The van der Waals surface area contributed by atoms with Crippen LogP contribution in [0.15, 0.2) is 36.4 Å². The molecule has 2 heterocycles. The third kappa shape index (κ3) is 4.75. The molecule has 2 unspecified atom stereocenters. The maximum Gasteiger partial charge on any atom is 0.310 e. The standard InChI is InChI=1S/C23H29NO5/c1-3-5-18-16-29-23(18,12-4-2)13-14-28-22(27)15-17-6-8-19(9-7-17)24-20(25)10-11-21(24)26/h6-11,18H,3-5,12-16H2,1-2H3.